The average molecular weight is 339 g/mol. The second kappa shape index (κ2) is 6.79. The zero-order valence-corrected chi connectivity index (χ0v) is 14.4. The summed E-state index contributed by atoms with van der Waals surface area (Å²) >= 11 is 1.74. The first kappa shape index (κ1) is 15.4. The Kier molecular flexibility index (Phi) is 4.36. The lowest BCUT2D eigenvalue weighted by Crippen LogP contribution is -2.49. The smallest absolute Gasteiger partial charge is 0.242 e. The molecule has 0 atom stereocenters. The van der Waals surface area contributed by atoms with Crippen LogP contribution in [0.25, 0.3) is 10.9 Å². The largest absolute Gasteiger partial charge is 0.339 e. The summed E-state index contributed by atoms with van der Waals surface area (Å²) in [7, 11) is 0. The van der Waals surface area contributed by atoms with Crippen LogP contribution in [0.3, 0.4) is 0 Å². The van der Waals surface area contributed by atoms with Crippen LogP contribution in [0.2, 0.25) is 0 Å². The lowest BCUT2D eigenvalue weighted by molar-refractivity contribution is -0.133. The molecule has 1 amide bonds. The van der Waals surface area contributed by atoms with Crippen LogP contribution in [0.4, 0.5) is 0 Å². The summed E-state index contributed by atoms with van der Waals surface area (Å²) in [6.45, 7) is 4.97. The van der Waals surface area contributed by atoms with Gasteiger partial charge in [-0.3, -0.25) is 9.69 Å². The maximum atomic E-state index is 12.6. The van der Waals surface area contributed by atoms with Gasteiger partial charge < -0.3 is 9.47 Å². The first-order chi connectivity index (χ1) is 11.8. The zero-order valence-electron chi connectivity index (χ0n) is 13.6. The van der Waals surface area contributed by atoms with Crippen molar-refractivity contribution in [2.45, 2.75) is 13.1 Å². The second-order valence-electron chi connectivity index (χ2n) is 6.29. The van der Waals surface area contributed by atoms with Crippen molar-refractivity contribution in [3.05, 3.63) is 58.9 Å². The number of amides is 1. The number of fused-ring (bicyclic) bond motifs is 1. The van der Waals surface area contributed by atoms with Gasteiger partial charge in [-0.15, -0.1) is 0 Å². The summed E-state index contributed by atoms with van der Waals surface area (Å²) in [5.41, 5.74) is 2.50. The van der Waals surface area contributed by atoms with Gasteiger partial charge in [0.15, 0.2) is 0 Å². The molecule has 1 aliphatic rings. The third-order valence-electron chi connectivity index (χ3n) is 4.70. The molecule has 2 aromatic heterocycles. The summed E-state index contributed by atoms with van der Waals surface area (Å²) in [6, 6.07) is 12.5. The predicted molar refractivity (Wildman–Crippen MR) is 98.1 cm³/mol. The third-order valence-corrected chi connectivity index (χ3v) is 5.43. The van der Waals surface area contributed by atoms with Crippen LogP contribution < -0.4 is 0 Å². The highest BCUT2D eigenvalue weighted by Crippen LogP contribution is 2.16. The zero-order chi connectivity index (χ0) is 16.4. The van der Waals surface area contributed by atoms with Crippen LogP contribution in [0.15, 0.2) is 53.4 Å². The van der Waals surface area contributed by atoms with Crippen molar-refractivity contribution in [1.29, 1.82) is 0 Å². The van der Waals surface area contributed by atoms with E-state index in [0.29, 0.717) is 6.54 Å². The Morgan fingerprint density at radius 1 is 1.04 bits per heavy atom. The van der Waals surface area contributed by atoms with Crippen molar-refractivity contribution in [3.8, 4) is 0 Å². The van der Waals surface area contributed by atoms with Crippen molar-refractivity contribution in [2.75, 3.05) is 26.2 Å². The van der Waals surface area contributed by atoms with E-state index in [9.17, 15) is 4.79 Å². The van der Waals surface area contributed by atoms with Crippen LogP contribution >= 0.6 is 11.3 Å². The van der Waals surface area contributed by atoms with Crippen molar-refractivity contribution < 1.29 is 4.79 Å². The molecule has 0 bridgehead atoms. The van der Waals surface area contributed by atoms with Gasteiger partial charge >= 0.3 is 0 Å². The van der Waals surface area contributed by atoms with Gasteiger partial charge in [-0.2, -0.15) is 11.3 Å². The van der Waals surface area contributed by atoms with E-state index in [4.69, 9.17) is 0 Å². The number of hydrogen-bond donors (Lipinski definition) is 0. The minimum atomic E-state index is 0.214. The van der Waals surface area contributed by atoms with Crippen molar-refractivity contribution in [1.82, 2.24) is 14.4 Å². The molecule has 3 heterocycles. The lowest BCUT2D eigenvalue weighted by Gasteiger charge is -2.34. The normalized spacial score (nSPS) is 15.9. The number of carbonyl (C=O) groups is 1. The number of thiophene rings is 1. The molecule has 0 N–H and O–H groups in total. The van der Waals surface area contributed by atoms with E-state index in [2.05, 4.69) is 44.5 Å². The molecule has 0 aliphatic carbocycles. The maximum absolute atomic E-state index is 12.6. The summed E-state index contributed by atoms with van der Waals surface area (Å²) < 4.78 is 2.05. The molecule has 1 aliphatic heterocycles. The highest BCUT2D eigenvalue weighted by Gasteiger charge is 2.21. The Hall–Kier alpha value is -2.11. The molecule has 0 spiro atoms. The van der Waals surface area contributed by atoms with E-state index in [1.807, 2.05) is 23.2 Å². The van der Waals surface area contributed by atoms with Gasteiger partial charge in [-0.25, -0.2) is 0 Å². The van der Waals surface area contributed by atoms with Crippen LogP contribution in [0, 0.1) is 0 Å². The molecule has 1 aromatic carbocycles. The summed E-state index contributed by atoms with van der Waals surface area (Å²) in [4.78, 5) is 17.0. The van der Waals surface area contributed by atoms with E-state index in [1.54, 1.807) is 11.3 Å². The van der Waals surface area contributed by atoms with E-state index >= 15 is 0 Å². The minimum absolute atomic E-state index is 0.214. The number of nitrogens with zero attached hydrogens (tertiary/aromatic N) is 3. The lowest BCUT2D eigenvalue weighted by atomic mass is 10.2. The van der Waals surface area contributed by atoms with E-state index in [0.717, 1.165) is 38.2 Å². The van der Waals surface area contributed by atoms with Gasteiger partial charge in [-0.05, 0) is 39.9 Å². The van der Waals surface area contributed by atoms with Gasteiger partial charge in [0.1, 0.15) is 6.54 Å². The number of aromatic nitrogens is 1. The molecule has 5 heteroatoms. The van der Waals surface area contributed by atoms with Crippen LogP contribution in [0.5, 0.6) is 0 Å². The van der Waals surface area contributed by atoms with Crippen LogP contribution in [-0.2, 0) is 17.9 Å². The number of carbonyl (C=O) groups excluding carboxylic acids is 1. The number of hydrogen-bond acceptors (Lipinski definition) is 3. The molecule has 4 rings (SSSR count). The SMILES string of the molecule is O=C(Cn1ccc2ccccc21)N1CCN(Cc2ccsc2)CC1. The number of rotatable bonds is 4. The molecule has 124 valence electrons. The molecular formula is C19H21N3OS. The average Bonchev–Trinajstić information content (AvgIpc) is 3.26. The molecule has 24 heavy (non-hydrogen) atoms. The Morgan fingerprint density at radius 3 is 2.67 bits per heavy atom. The van der Waals surface area contributed by atoms with E-state index < -0.39 is 0 Å². The van der Waals surface area contributed by atoms with Gasteiger partial charge in [0.2, 0.25) is 5.91 Å². The Bertz CT molecular complexity index is 816. The Morgan fingerprint density at radius 2 is 1.88 bits per heavy atom. The molecule has 1 saturated heterocycles. The Balaban J connectivity index is 1.34. The molecule has 3 aromatic rings. The minimum Gasteiger partial charge on any atom is -0.339 e. The quantitative estimate of drug-likeness (QED) is 0.731. The van der Waals surface area contributed by atoms with E-state index in [1.165, 1.54) is 10.9 Å². The molecule has 4 nitrogen and oxygen atoms in total. The highest BCUT2D eigenvalue weighted by atomic mass is 32.1. The first-order valence-electron chi connectivity index (χ1n) is 8.35. The van der Waals surface area contributed by atoms with Gasteiger partial charge in [0.25, 0.3) is 0 Å². The predicted octanol–water partition coefficient (Wildman–Crippen LogP) is 3.05. The first-order valence-corrected chi connectivity index (χ1v) is 9.29. The third kappa shape index (κ3) is 3.23. The highest BCUT2D eigenvalue weighted by molar-refractivity contribution is 7.07. The molecule has 0 unspecified atom stereocenters. The molecule has 0 saturated carbocycles. The van der Waals surface area contributed by atoms with Crippen molar-refractivity contribution in [3.63, 3.8) is 0 Å². The maximum Gasteiger partial charge on any atom is 0.242 e. The van der Waals surface area contributed by atoms with Crippen LogP contribution in [0.1, 0.15) is 5.56 Å². The molecule has 0 radical (unpaired) electrons. The standard InChI is InChI=1S/C19H21N3OS/c23-19(14-22-7-5-17-3-1-2-4-18(17)22)21-10-8-20(9-11-21)13-16-6-12-24-15-16/h1-7,12,15H,8-11,13-14H2. The number of para-hydroxylation sites is 1. The number of piperazine rings is 1. The summed E-state index contributed by atoms with van der Waals surface area (Å²) in [5, 5.41) is 5.51. The Labute approximate surface area is 145 Å². The molecule has 1 fully saturated rings. The van der Waals surface area contributed by atoms with Gasteiger partial charge in [0.05, 0.1) is 0 Å². The fourth-order valence-corrected chi connectivity index (χ4v) is 3.98. The monoisotopic (exact) mass is 339 g/mol. The fraction of sp³-hybridized carbons (Fsp3) is 0.316. The van der Waals surface area contributed by atoms with Gasteiger partial charge in [0, 0.05) is 44.4 Å². The van der Waals surface area contributed by atoms with Crippen LogP contribution in [-0.4, -0.2) is 46.5 Å². The molecular weight excluding hydrogens is 318 g/mol. The summed E-state index contributed by atoms with van der Waals surface area (Å²) in [6.07, 6.45) is 2.01. The fourth-order valence-electron chi connectivity index (χ4n) is 3.32. The van der Waals surface area contributed by atoms with Crippen molar-refractivity contribution >= 4 is 28.1 Å². The van der Waals surface area contributed by atoms with Crippen molar-refractivity contribution in [2.24, 2.45) is 0 Å². The number of benzene rings is 1. The summed E-state index contributed by atoms with van der Waals surface area (Å²) in [5.74, 6) is 0.214. The van der Waals surface area contributed by atoms with E-state index in [-0.39, 0.29) is 5.91 Å². The topological polar surface area (TPSA) is 28.5 Å². The second-order valence-corrected chi connectivity index (χ2v) is 7.07. The van der Waals surface area contributed by atoms with Gasteiger partial charge in [-0.1, -0.05) is 18.2 Å².